The van der Waals surface area contributed by atoms with E-state index in [0.29, 0.717) is 11.4 Å². The van der Waals surface area contributed by atoms with Crippen molar-refractivity contribution < 1.29 is 9.53 Å². The van der Waals surface area contributed by atoms with Crippen LogP contribution in [0.15, 0.2) is 29.6 Å². The van der Waals surface area contributed by atoms with Gasteiger partial charge in [-0.3, -0.25) is 0 Å². The molecule has 0 bridgehead atoms. The SMILES string of the molecule is CN(C)C(=O)Oc1cccc(N(C)N=O)c1. The molecule has 0 fully saturated rings. The first-order valence-corrected chi connectivity index (χ1v) is 4.61. The zero-order valence-electron chi connectivity index (χ0n) is 9.38. The number of nitrogens with zero attached hydrogens (tertiary/aromatic N) is 3. The lowest BCUT2D eigenvalue weighted by atomic mass is 10.3. The maximum Gasteiger partial charge on any atom is 0.414 e. The van der Waals surface area contributed by atoms with Crippen molar-refractivity contribution in [1.29, 1.82) is 0 Å². The van der Waals surface area contributed by atoms with Gasteiger partial charge in [0.15, 0.2) is 0 Å². The molecule has 1 aromatic carbocycles. The zero-order chi connectivity index (χ0) is 12.1. The first-order chi connectivity index (χ1) is 7.54. The van der Waals surface area contributed by atoms with E-state index in [4.69, 9.17) is 4.74 Å². The van der Waals surface area contributed by atoms with Crippen molar-refractivity contribution in [2.45, 2.75) is 0 Å². The number of nitroso groups, excluding NO2 is 1. The molecule has 0 aliphatic rings. The van der Waals surface area contributed by atoms with E-state index in [2.05, 4.69) is 5.29 Å². The topological polar surface area (TPSA) is 62.2 Å². The van der Waals surface area contributed by atoms with Gasteiger partial charge < -0.3 is 9.64 Å². The summed E-state index contributed by atoms with van der Waals surface area (Å²) < 4.78 is 5.03. The predicted octanol–water partition coefficient (Wildman–Crippen LogP) is 1.86. The first kappa shape index (κ1) is 12.0. The van der Waals surface area contributed by atoms with Crippen molar-refractivity contribution in [3.63, 3.8) is 0 Å². The smallest absolute Gasteiger partial charge is 0.410 e. The number of carbonyl (C=O) groups excluding carboxylic acids is 1. The highest BCUT2D eigenvalue weighted by Gasteiger charge is 2.08. The van der Waals surface area contributed by atoms with Gasteiger partial charge in [-0.05, 0) is 12.1 Å². The van der Waals surface area contributed by atoms with Crippen molar-refractivity contribution in [2.75, 3.05) is 26.2 Å². The van der Waals surface area contributed by atoms with E-state index in [1.165, 1.54) is 11.9 Å². The normalized spacial score (nSPS) is 9.44. The molecule has 0 spiro atoms. The number of ether oxygens (including phenoxy) is 1. The molecule has 6 heteroatoms. The third-order valence-electron chi connectivity index (χ3n) is 1.88. The minimum Gasteiger partial charge on any atom is -0.410 e. The summed E-state index contributed by atoms with van der Waals surface area (Å²) in [5.41, 5.74) is 0.555. The zero-order valence-corrected chi connectivity index (χ0v) is 9.38. The number of rotatable bonds is 3. The Labute approximate surface area is 93.4 Å². The third kappa shape index (κ3) is 2.94. The Morgan fingerprint density at radius 3 is 2.56 bits per heavy atom. The fraction of sp³-hybridized carbons (Fsp3) is 0.300. The standard InChI is InChI=1S/C10H13N3O3/c1-12(2)10(14)16-9-6-4-5-8(7-9)13(3)11-15/h4-7H,1-3H3. The van der Waals surface area contributed by atoms with Crippen LogP contribution >= 0.6 is 0 Å². The van der Waals surface area contributed by atoms with E-state index < -0.39 is 6.09 Å². The van der Waals surface area contributed by atoms with Crippen LogP contribution in [0.3, 0.4) is 0 Å². The average molecular weight is 223 g/mol. The summed E-state index contributed by atoms with van der Waals surface area (Å²) in [4.78, 5) is 22.9. The summed E-state index contributed by atoms with van der Waals surface area (Å²) in [6, 6.07) is 6.55. The molecule has 0 radical (unpaired) electrons. The summed E-state index contributed by atoms with van der Waals surface area (Å²) in [6.45, 7) is 0. The first-order valence-electron chi connectivity index (χ1n) is 4.61. The molecule has 86 valence electrons. The van der Waals surface area contributed by atoms with Gasteiger partial charge in [0.05, 0.1) is 11.0 Å². The highest BCUT2D eigenvalue weighted by Crippen LogP contribution is 2.20. The lowest BCUT2D eigenvalue weighted by Crippen LogP contribution is -2.25. The molecule has 1 amide bonds. The summed E-state index contributed by atoms with van der Waals surface area (Å²) in [6.07, 6.45) is -0.473. The molecule has 1 rings (SSSR count). The molecule has 0 atom stereocenters. The van der Waals surface area contributed by atoms with Gasteiger partial charge in [0.1, 0.15) is 5.75 Å². The van der Waals surface area contributed by atoms with Crippen LogP contribution in [-0.4, -0.2) is 32.1 Å². The molecule has 0 aliphatic carbocycles. The van der Waals surface area contributed by atoms with E-state index in [0.717, 1.165) is 5.01 Å². The molecule has 0 aliphatic heterocycles. The fourth-order valence-electron chi connectivity index (χ4n) is 0.988. The summed E-state index contributed by atoms with van der Waals surface area (Å²) in [5, 5.41) is 3.89. The van der Waals surface area contributed by atoms with Gasteiger partial charge in [-0.2, -0.15) is 0 Å². The number of amides is 1. The van der Waals surface area contributed by atoms with E-state index >= 15 is 0 Å². The molecule has 0 heterocycles. The average Bonchev–Trinajstić information content (AvgIpc) is 2.28. The molecule has 16 heavy (non-hydrogen) atoms. The van der Waals surface area contributed by atoms with Crippen LogP contribution in [0.2, 0.25) is 0 Å². The van der Waals surface area contributed by atoms with Crippen LogP contribution in [0.5, 0.6) is 5.75 Å². The Kier molecular flexibility index (Phi) is 3.82. The van der Waals surface area contributed by atoms with Crippen LogP contribution in [0.25, 0.3) is 0 Å². The molecule has 0 unspecified atom stereocenters. The summed E-state index contributed by atoms with van der Waals surface area (Å²) in [7, 11) is 4.69. The molecular formula is C10H13N3O3. The van der Waals surface area contributed by atoms with E-state index in [1.807, 2.05) is 0 Å². The molecule has 0 saturated carbocycles. The highest BCUT2D eigenvalue weighted by atomic mass is 16.6. The van der Waals surface area contributed by atoms with Gasteiger partial charge in [0.25, 0.3) is 0 Å². The van der Waals surface area contributed by atoms with Crippen LogP contribution in [0, 0.1) is 4.91 Å². The molecule has 0 saturated heterocycles. The maximum absolute atomic E-state index is 11.3. The van der Waals surface area contributed by atoms with Crippen LogP contribution in [-0.2, 0) is 0 Å². The molecule has 1 aromatic rings. The predicted molar refractivity (Wildman–Crippen MR) is 60.4 cm³/mol. The van der Waals surface area contributed by atoms with E-state index in [9.17, 15) is 9.70 Å². The van der Waals surface area contributed by atoms with Gasteiger partial charge in [0.2, 0.25) is 0 Å². The van der Waals surface area contributed by atoms with Gasteiger partial charge in [-0.1, -0.05) is 6.07 Å². The van der Waals surface area contributed by atoms with Crippen molar-refractivity contribution >= 4 is 11.8 Å². The van der Waals surface area contributed by atoms with Crippen molar-refractivity contribution in [3.8, 4) is 5.75 Å². The Morgan fingerprint density at radius 2 is 2.00 bits per heavy atom. The van der Waals surface area contributed by atoms with Gasteiger partial charge in [-0.25, -0.2) is 9.80 Å². The van der Waals surface area contributed by atoms with E-state index in [1.54, 1.807) is 38.4 Å². The second kappa shape index (κ2) is 5.11. The molecule has 0 N–H and O–H groups in total. The van der Waals surface area contributed by atoms with Crippen LogP contribution in [0.1, 0.15) is 0 Å². The van der Waals surface area contributed by atoms with Crippen molar-refractivity contribution in [1.82, 2.24) is 4.90 Å². The van der Waals surface area contributed by atoms with Gasteiger partial charge in [0, 0.05) is 27.2 Å². The Balaban J connectivity index is 2.82. The summed E-state index contributed by atoms with van der Waals surface area (Å²) >= 11 is 0. The Bertz CT molecular complexity index is 393. The molecule has 0 aromatic heterocycles. The largest absolute Gasteiger partial charge is 0.414 e. The minimum atomic E-state index is -0.473. The number of hydrogen-bond acceptors (Lipinski definition) is 4. The van der Waals surface area contributed by atoms with Crippen molar-refractivity contribution in [3.05, 3.63) is 29.2 Å². The third-order valence-corrected chi connectivity index (χ3v) is 1.88. The number of carbonyl (C=O) groups is 1. The highest BCUT2D eigenvalue weighted by molar-refractivity contribution is 5.70. The maximum atomic E-state index is 11.3. The van der Waals surface area contributed by atoms with E-state index in [-0.39, 0.29) is 0 Å². The second-order valence-corrected chi connectivity index (χ2v) is 3.37. The fourth-order valence-corrected chi connectivity index (χ4v) is 0.988. The molecular weight excluding hydrogens is 210 g/mol. The van der Waals surface area contributed by atoms with Crippen LogP contribution < -0.4 is 9.75 Å². The number of benzene rings is 1. The monoisotopic (exact) mass is 223 g/mol. The summed E-state index contributed by atoms with van der Waals surface area (Å²) in [5.74, 6) is 0.367. The lowest BCUT2D eigenvalue weighted by Gasteiger charge is -2.13. The Hall–Kier alpha value is -2.11. The number of anilines is 1. The Morgan fingerprint density at radius 1 is 1.31 bits per heavy atom. The van der Waals surface area contributed by atoms with Crippen LogP contribution in [0.4, 0.5) is 10.5 Å². The van der Waals surface area contributed by atoms with Gasteiger partial charge >= 0.3 is 6.09 Å². The molecule has 6 nitrogen and oxygen atoms in total. The van der Waals surface area contributed by atoms with Crippen molar-refractivity contribution in [2.24, 2.45) is 5.29 Å². The second-order valence-electron chi connectivity index (χ2n) is 3.37. The lowest BCUT2D eigenvalue weighted by molar-refractivity contribution is 0.172. The minimum absolute atomic E-state index is 0.367. The quantitative estimate of drug-likeness (QED) is 0.579. The number of hydrogen-bond donors (Lipinski definition) is 0. The van der Waals surface area contributed by atoms with Gasteiger partial charge in [-0.15, -0.1) is 4.91 Å².